The number of hydrogen-bond donors (Lipinski definition) is 2. The number of benzene rings is 2. The summed E-state index contributed by atoms with van der Waals surface area (Å²) in [7, 11) is 0. The number of nitrogens with one attached hydrogen (secondary N) is 1. The fourth-order valence-corrected chi connectivity index (χ4v) is 1.88. The first-order valence-electron chi connectivity index (χ1n) is 7.55. The molecule has 0 aromatic heterocycles. The average molecular weight is 328 g/mol. The van der Waals surface area contributed by atoms with Gasteiger partial charge in [0.05, 0.1) is 12.8 Å². The van der Waals surface area contributed by atoms with Gasteiger partial charge in [-0.25, -0.2) is 5.43 Å². The highest BCUT2D eigenvalue weighted by Gasteiger charge is 2.03. The molecule has 24 heavy (non-hydrogen) atoms. The monoisotopic (exact) mass is 328 g/mol. The third-order valence-corrected chi connectivity index (χ3v) is 3.08. The smallest absolute Gasteiger partial charge is 0.277 e. The summed E-state index contributed by atoms with van der Waals surface area (Å²) in [5, 5.41) is 13.5. The molecule has 0 aliphatic rings. The Labute approximate surface area is 140 Å². The Kier molecular flexibility index (Phi) is 6.19. The summed E-state index contributed by atoms with van der Waals surface area (Å²) in [5.41, 5.74) is 4.19. The van der Waals surface area contributed by atoms with Crippen LogP contribution in [0.2, 0.25) is 0 Å². The Morgan fingerprint density at radius 1 is 1.21 bits per heavy atom. The van der Waals surface area contributed by atoms with E-state index in [1.807, 2.05) is 26.0 Å². The zero-order valence-electron chi connectivity index (χ0n) is 13.7. The van der Waals surface area contributed by atoms with Gasteiger partial charge in [0.2, 0.25) is 0 Å². The highest BCUT2D eigenvalue weighted by Crippen LogP contribution is 2.26. The topological polar surface area (TPSA) is 80.2 Å². The number of phenols is 1. The van der Waals surface area contributed by atoms with Gasteiger partial charge in [0, 0.05) is 0 Å². The Hall–Kier alpha value is -3.02. The van der Waals surface area contributed by atoms with Crippen LogP contribution in [0.25, 0.3) is 0 Å². The summed E-state index contributed by atoms with van der Waals surface area (Å²) >= 11 is 0. The van der Waals surface area contributed by atoms with Gasteiger partial charge in [-0.15, -0.1) is 0 Å². The maximum atomic E-state index is 11.7. The minimum atomic E-state index is -0.365. The molecule has 0 atom stereocenters. The predicted molar refractivity (Wildman–Crippen MR) is 91.7 cm³/mol. The second-order valence-electron chi connectivity index (χ2n) is 5.06. The van der Waals surface area contributed by atoms with E-state index in [1.54, 1.807) is 24.3 Å². The number of aromatic hydroxyl groups is 1. The number of rotatable bonds is 7. The first kappa shape index (κ1) is 17.3. The van der Waals surface area contributed by atoms with Crippen LogP contribution < -0.4 is 14.9 Å². The molecule has 0 aliphatic heterocycles. The molecular formula is C18H20N2O4. The van der Waals surface area contributed by atoms with Crippen molar-refractivity contribution in [3.8, 4) is 17.2 Å². The van der Waals surface area contributed by atoms with Crippen LogP contribution in [0.15, 0.2) is 47.6 Å². The summed E-state index contributed by atoms with van der Waals surface area (Å²) in [5.74, 6) is 0.690. The molecule has 0 unspecified atom stereocenters. The fourth-order valence-electron chi connectivity index (χ4n) is 1.88. The molecule has 0 bridgehead atoms. The zero-order chi connectivity index (χ0) is 17.4. The zero-order valence-corrected chi connectivity index (χ0v) is 13.7. The second-order valence-corrected chi connectivity index (χ2v) is 5.06. The van der Waals surface area contributed by atoms with Crippen LogP contribution in [0.4, 0.5) is 0 Å². The molecule has 126 valence electrons. The van der Waals surface area contributed by atoms with Crippen LogP contribution in [-0.4, -0.2) is 30.4 Å². The number of carbonyl (C=O) groups excluding carboxylic acids is 1. The van der Waals surface area contributed by atoms with Crippen LogP contribution >= 0.6 is 0 Å². The van der Waals surface area contributed by atoms with Crippen LogP contribution in [0.1, 0.15) is 18.1 Å². The van der Waals surface area contributed by atoms with Crippen molar-refractivity contribution in [1.29, 1.82) is 0 Å². The van der Waals surface area contributed by atoms with Gasteiger partial charge in [0.1, 0.15) is 5.75 Å². The van der Waals surface area contributed by atoms with E-state index in [-0.39, 0.29) is 18.3 Å². The fraction of sp³-hybridized carbons (Fsp3) is 0.222. The summed E-state index contributed by atoms with van der Waals surface area (Å²) in [6, 6.07) is 12.2. The molecule has 0 spiro atoms. The lowest BCUT2D eigenvalue weighted by atomic mass is 10.2. The summed E-state index contributed by atoms with van der Waals surface area (Å²) < 4.78 is 10.6. The van der Waals surface area contributed by atoms with Crippen LogP contribution in [0.5, 0.6) is 17.2 Å². The minimum absolute atomic E-state index is 0.0598. The van der Waals surface area contributed by atoms with E-state index >= 15 is 0 Å². The maximum absolute atomic E-state index is 11.7. The number of carbonyl (C=O) groups is 1. The SMILES string of the molecule is CCOc1cc(/C=N\NC(=O)COc2ccc(C)cc2)ccc1O. The Balaban J connectivity index is 1.83. The van der Waals surface area contributed by atoms with E-state index in [4.69, 9.17) is 9.47 Å². The molecule has 6 heteroatoms. The van der Waals surface area contributed by atoms with Gasteiger partial charge in [-0.05, 0) is 49.7 Å². The molecule has 0 fully saturated rings. The minimum Gasteiger partial charge on any atom is -0.504 e. The van der Waals surface area contributed by atoms with Gasteiger partial charge in [-0.2, -0.15) is 5.10 Å². The van der Waals surface area contributed by atoms with Gasteiger partial charge in [0.25, 0.3) is 5.91 Å². The molecule has 0 heterocycles. The van der Waals surface area contributed by atoms with Crippen molar-refractivity contribution in [1.82, 2.24) is 5.43 Å². The van der Waals surface area contributed by atoms with E-state index < -0.39 is 0 Å². The summed E-state index contributed by atoms with van der Waals surface area (Å²) in [4.78, 5) is 11.7. The van der Waals surface area contributed by atoms with Crippen molar-refractivity contribution >= 4 is 12.1 Å². The lowest BCUT2D eigenvalue weighted by Gasteiger charge is -2.06. The molecular weight excluding hydrogens is 308 g/mol. The van der Waals surface area contributed by atoms with Gasteiger partial charge in [0.15, 0.2) is 18.1 Å². The summed E-state index contributed by atoms with van der Waals surface area (Å²) in [6.07, 6.45) is 1.46. The number of amides is 1. The number of phenolic OH excluding ortho intramolecular Hbond substituents is 1. The molecule has 2 rings (SSSR count). The van der Waals surface area contributed by atoms with Crippen LogP contribution in [0.3, 0.4) is 0 Å². The lowest BCUT2D eigenvalue weighted by Crippen LogP contribution is -2.24. The van der Waals surface area contributed by atoms with Crippen LogP contribution in [-0.2, 0) is 4.79 Å². The predicted octanol–water partition coefficient (Wildman–Crippen LogP) is 2.63. The van der Waals surface area contributed by atoms with Gasteiger partial charge >= 0.3 is 0 Å². The van der Waals surface area contributed by atoms with E-state index in [0.29, 0.717) is 23.7 Å². The first-order chi connectivity index (χ1) is 11.6. The molecule has 6 nitrogen and oxygen atoms in total. The molecule has 1 amide bonds. The van der Waals surface area contributed by atoms with E-state index in [0.717, 1.165) is 5.56 Å². The Morgan fingerprint density at radius 3 is 2.67 bits per heavy atom. The second kappa shape index (κ2) is 8.57. The normalized spacial score (nSPS) is 10.6. The molecule has 0 saturated heterocycles. The highest BCUT2D eigenvalue weighted by molar-refractivity contribution is 5.83. The molecule has 0 radical (unpaired) electrons. The van der Waals surface area contributed by atoms with Crippen molar-refractivity contribution in [2.24, 2.45) is 5.10 Å². The van der Waals surface area contributed by atoms with Crippen molar-refractivity contribution < 1.29 is 19.4 Å². The van der Waals surface area contributed by atoms with Crippen molar-refractivity contribution in [2.75, 3.05) is 13.2 Å². The number of ether oxygens (including phenoxy) is 2. The first-order valence-corrected chi connectivity index (χ1v) is 7.55. The van der Waals surface area contributed by atoms with E-state index in [2.05, 4.69) is 10.5 Å². The number of hydrogen-bond acceptors (Lipinski definition) is 5. The molecule has 0 aliphatic carbocycles. The van der Waals surface area contributed by atoms with Gasteiger partial charge in [-0.3, -0.25) is 4.79 Å². The quantitative estimate of drug-likeness (QED) is 0.605. The Morgan fingerprint density at radius 2 is 1.96 bits per heavy atom. The van der Waals surface area contributed by atoms with E-state index in [9.17, 15) is 9.90 Å². The van der Waals surface area contributed by atoms with Crippen LogP contribution in [0, 0.1) is 6.92 Å². The third kappa shape index (κ3) is 5.31. The van der Waals surface area contributed by atoms with Crippen molar-refractivity contribution in [3.05, 3.63) is 53.6 Å². The van der Waals surface area contributed by atoms with Gasteiger partial charge < -0.3 is 14.6 Å². The standard InChI is InChI=1S/C18H20N2O4/c1-3-23-17-10-14(6-9-16(17)21)11-19-20-18(22)12-24-15-7-4-13(2)5-8-15/h4-11,21H,3,12H2,1-2H3,(H,20,22)/b19-11-. The molecule has 0 saturated carbocycles. The number of hydrazone groups is 1. The van der Waals surface area contributed by atoms with Gasteiger partial charge in [-0.1, -0.05) is 17.7 Å². The van der Waals surface area contributed by atoms with E-state index in [1.165, 1.54) is 12.3 Å². The number of nitrogens with zero attached hydrogens (tertiary/aromatic N) is 1. The van der Waals surface area contributed by atoms with Crippen molar-refractivity contribution in [2.45, 2.75) is 13.8 Å². The molecule has 2 aromatic rings. The Bertz CT molecular complexity index is 711. The highest BCUT2D eigenvalue weighted by atomic mass is 16.5. The molecule has 2 aromatic carbocycles. The largest absolute Gasteiger partial charge is 0.504 e. The average Bonchev–Trinajstić information content (AvgIpc) is 2.57. The number of aryl methyl sites for hydroxylation is 1. The molecule has 2 N–H and O–H groups in total. The van der Waals surface area contributed by atoms with Crippen molar-refractivity contribution in [3.63, 3.8) is 0 Å². The lowest BCUT2D eigenvalue weighted by molar-refractivity contribution is -0.123. The third-order valence-electron chi connectivity index (χ3n) is 3.08. The summed E-state index contributed by atoms with van der Waals surface area (Å²) in [6.45, 7) is 4.13. The maximum Gasteiger partial charge on any atom is 0.277 e.